The maximum absolute atomic E-state index is 12.1. The molecule has 2 fully saturated rings. The summed E-state index contributed by atoms with van der Waals surface area (Å²) in [5.41, 5.74) is 2.96. The van der Waals surface area contributed by atoms with Crippen LogP contribution in [-0.2, 0) is 9.24 Å². The first kappa shape index (κ1) is 15.7. The van der Waals surface area contributed by atoms with Crippen LogP contribution in [0.25, 0.3) is 0 Å². The van der Waals surface area contributed by atoms with Gasteiger partial charge < -0.3 is 4.52 Å². The Kier molecular flexibility index (Phi) is 4.15. The van der Waals surface area contributed by atoms with E-state index in [9.17, 15) is 13.2 Å². The fourth-order valence-electron chi connectivity index (χ4n) is 2.52. The highest BCUT2D eigenvalue weighted by atomic mass is 35.7. The van der Waals surface area contributed by atoms with E-state index in [2.05, 4.69) is 10.6 Å². The van der Waals surface area contributed by atoms with Gasteiger partial charge in [-0.25, -0.2) is 5.01 Å². The Balaban J connectivity index is 1.58. The zero-order chi connectivity index (χ0) is 15.9. The van der Waals surface area contributed by atoms with Crippen molar-refractivity contribution in [1.82, 2.24) is 19.9 Å². The molecule has 1 aliphatic heterocycles. The molecule has 8 nitrogen and oxygen atoms in total. The number of piperazine rings is 1. The van der Waals surface area contributed by atoms with Crippen LogP contribution in [0.5, 0.6) is 0 Å². The quantitative estimate of drug-likeness (QED) is 0.804. The summed E-state index contributed by atoms with van der Waals surface area (Å²) in [6.07, 6.45) is 2.14. The van der Waals surface area contributed by atoms with Gasteiger partial charge in [-0.3, -0.25) is 10.2 Å². The number of carbonyl (C=O) groups is 1. The zero-order valence-corrected chi connectivity index (χ0v) is 13.6. The lowest BCUT2D eigenvalue weighted by molar-refractivity contribution is 0.0628. The van der Waals surface area contributed by atoms with Crippen LogP contribution in [0.1, 0.15) is 41.9 Å². The van der Waals surface area contributed by atoms with Gasteiger partial charge in [0.05, 0.1) is 0 Å². The minimum Gasteiger partial charge on any atom is -0.360 e. The molecule has 0 bridgehead atoms. The molecule has 22 heavy (non-hydrogen) atoms. The SMILES string of the molecule is CC1CN(NC(=O)c2cc(C3CC3)on2)CCN1S(=O)(=O)Cl. The second kappa shape index (κ2) is 5.80. The van der Waals surface area contributed by atoms with Crippen molar-refractivity contribution in [3.8, 4) is 0 Å². The molecule has 1 saturated carbocycles. The fourth-order valence-corrected chi connectivity index (χ4v) is 3.94. The van der Waals surface area contributed by atoms with E-state index in [4.69, 9.17) is 15.2 Å². The minimum absolute atomic E-state index is 0.222. The molecule has 1 amide bonds. The van der Waals surface area contributed by atoms with Crippen molar-refractivity contribution in [2.45, 2.75) is 31.7 Å². The number of rotatable bonds is 4. The van der Waals surface area contributed by atoms with Crippen molar-refractivity contribution >= 4 is 25.8 Å². The van der Waals surface area contributed by atoms with Crippen LogP contribution in [0, 0.1) is 0 Å². The number of hydrazine groups is 1. The van der Waals surface area contributed by atoms with Crippen LogP contribution < -0.4 is 5.43 Å². The molecule has 1 aromatic heterocycles. The van der Waals surface area contributed by atoms with E-state index in [1.807, 2.05) is 0 Å². The summed E-state index contributed by atoms with van der Waals surface area (Å²) in [4.78, 5) is 12.1. The lowest BCUT2D eigenvalue weighted by Gasteiger charge is -2.37. The molecule has 1 aliphatic carbocycles. The van der Waals surface area contributed by atoms with Gasteiger partial charge in [-0.1, -0.05) is 5.16 Å². The molecule has 1 atom stereocenters. The van der Waals surface area contributed by atoms with E-state index >= 15 is 0 Å². The van der Waals surface area contributed by atoms with Crippen LogP contribution in [0.3, 0.4) is 0 Å². The average molecular weight is 349 g/mol. The third-order valence-electron chi connectivity index (χ3n) is 3.85. The Morgan fingerprint density at radius 1 is 1.45 bits per heavy atom. The lowest BCUT2D eigenvalue weighted by Crippen LogP contribution is -2.57. The van der Waals surface area contributed by atoms with Gasteiger partial charge in [0.25, 0.3) is 15.1 Å². The standard InChI is InChI=1S/C12H17ClN4O4S/c1-8-7-16(4-5-17(8)22(13,19)20)14-12(18)10-6-11(21-15-10)9-2-3-9/h6,8-9H,2-5,7H2,1H3,(H,14,18). The number of aromatic nitrogens is 1. The molecular formula is C12H17ClN4O4S. The van der Waals surface area contributed by atoms with Crippen LogP contribution >= 0.6 is 10.7 Å². The van der Waals surface area contributed by atoms with E-state index in [-0.39, 0.29) is 24.2 Å². The number of hydrogen-bond donors (Lipinski definition) is 1. The van der Waals surface area contributed by atoms with E-state index in [0.717, 1.165) is 18.6 Å². The summed E-state index contributed by atoms with van der Waals surface area (Å²) in [6.45, 7) is 2.67. The van der Waals surface area contributed by atoms with Gasteiger partial charge in [-0.2, -0.15) is 12.7 Å². The van der Waals surface area contributed by atoms with Crippen LogP contribution in [0.15, 0.2) is 10.6 Å². The maximum Gasteiger partial charge on any atom is 0.300 e. The molecule has 0 radical (unpaired) electrons. The summed E-state index contributed by atoms with van der Waals surface area (Å²) >= 11 is 0. The topological polar surface area (TPSA) is 95.8 Å². The molecule has 122 valence electrons. The van der Waals surface area contributed by atoms with Gasteiger partial charge >= 0.3 is 0 Å². The maximum atomic E-state index is 12.1. The molecule has 10 heteroatoms. The smallest absolute Gasteiger partial charge is 0.300 e. The van der Waals surface area contributed by atoms with Crippen LogP contribution in [0.4, 0.5) is 0 Å². The highest BCUT2D eigenvalue weighted by Crippen LogP contribution is 2.40. The number of amides is 1. The molecular weight excluding hydrogens is 332 g/mol. The minimum atomic E-state index is -3.74. The Bertz CT molecular complexity index is 672. The second-order valence-electron chi connectivity index (χ2n) is 5.68. The van der Waals surface area contributed by atoms with Crippen molar-refractivity contribution in [3.05, 3.63) is 17.5 Å². The Hall–Kier alpha value is -1.16. The first-order chi connectivity index (χ1) is 10.3. The fraction of sp³-hybridized carbons (Fsp3) is 0.667. The van der Waals surface area contributed by atoms with Gasteiger partial charge in [0.2, 0.25) is 0 Å². The molecule has 1 saturated heterocycles. The van der Waals surface area contributed by atoms with E-state index in [1.165, 1.54) is 4.31 Å². The van der Waals surface area contributed by atoms with Crippen molar-refractivity contribution in [2.75, 3.05) is 19.6 Å². The van der Waals surface area contributed by atoms with Gasteiger partial charge in [0, 0.05) is 48.3 Å². The van der Waals surface area contributed by atoms with Gasteiger partial charge in [0.1, 0.15) is 5.76 Å². The average Bonchev–Trinajstić information content (AvgIpc) is 3.14. The molecule has 0 spiro atoms. The predicted octanol–water partition coefficient (Wildman–Crippen LogP) is 0.686. The molecule has 2 heterocycles. The summed E-state index contributed by atoms with van der Waals surface area (Å²) in [7, 11) is 1.62. The van der Waals surface area contributed by atoms with Gasteiger partial charge in [0.15, 0.2) is 5.69 Å². The van der Waals surface area contributed by atoms with E-state index in [1.54, 1.807) is 18.0 Å². The number of nitrogens with one attached hydrogen (secondary N) is 1. The molecule has 3 rings (SSSR count). The Labute approximate surface area is 132 Å². The first-order valence-corrected chi connectivity index (χ1v) is 9.35. The van der Waals surface area contributed by atoms with Gasteiger partial charge in [-0.05, 0) is 19.8 Å². The van der Waals surface area contributed by atoms with Crippen molar-refractivity contribution in [1.29, 1.82) is 0 Å². The third-order valence-corrected chi connectivity index (χ3v) is 5.48. The normalized spacial score (nSPS) is 24.4. The van der Waals surface area contributed by atoms with Crippen LogP contribution in [0.2, 0.25) is 0 Å². The number of hydrogen-bond acceptors (Lipinski definition) is 6. The summed E-state index contributed by atoms with van der Waals surface area (Å²) in [6, 6.07) is 1.34. The first-order valence-electron chi connectivity index (χ1n) is 7.08. The molecule has 2 aliphatic rings. The summed E-state index contributed by atoms with van der Waals surface area (Å²) in [5, 5.41) is 5.44. The van der Waals surface area contributed by atoms with E-state index < -0.39 is 9.24 Å². The summed E-state index contributed by atoms with van der Waals surface area (Å²) < 4.78 is 29.1. The lowest BCUT2D eigenvalue weighted by atomic mass is 10.2. The van der Waals surface area contributed by atoms with Crippen LogP contribution in [-0.4, -0.2) is 54.5 Å². The molecule has 0 aromatic carbocycles. The Morgan fingerprint density at radius 3 is 2.77 bits per heavy atom. The number of carbonyl (C=O) groups excluding carboxylic acids is 1. The molecule has 1 N–H and O–H groups in total. The third kappa shape index (κ3) is 3.43. The highest BCUT2D eigenvalue weighted by molar-refractivity contribution is 8.11. The van der Waals surface area contributed by atoms with Crippen molar-refractivity contribution in [3.63, 3.8) is 0 Å². The van der Waals surface area contributed by atoms with Crippen molar-refractivity contribution in [2.24, 2.45) is 0 Å². The largest absolute Gasteiger partial charge is 0.360 e. The number of nitrogens with zero attached hydrogens (tertiary/aromatic N) is 3. The number of halogens is 1. The zero-order valence-electron chi connectivity index (χ0n) is 12.0. The van der Waals surface area contributed by atoms with E-state index in [0.29, 0.717) is 19.0 Å². The second-order valence-corrected chi connectivity index (χ2v) is 8.14. The predicted molar refractivity (Wildman–Crippen MR) is 78.5 cm³/mol. The molecule has 1 aromatic rings. The Morgan fingerprint density at radius 2 is 2.18 bits per heavy atom. The van der Waals surface area contributed by atoms with Crippen molar-refractivity contribution < 1.29 is 17.7 Å². The van der Waals surface area contributed by atoms with Gasteiger partial charge in [-0.15, -0.1) is 0 Å². The highest BCUT2D eigenvalue weighted by Gasteiger charge is 2.33. The molecule has 1 unspecified atom stereocenters. The monoisotopic (exact) mass is 348 g/mol. The summed E-state index contributed by atoms with van der Waals surface area (Å²) in [5.74, 6) is 0.785.